The molecule has 4 heterocycles. The number of aromatic nitrogens is 1. The van der Waals surface area contributed by atoms with Crippen LogP contribution >= 0.6 is 11.6 Å². The summed E-state index contributed by atoms with van der Waals surface area (Å²) in [6, 6.07) is 5.98. The molecule has 10 rings (SSSR count). The number of nitrogens with zero attached hydrogens (tertiary/aromatic N) is 2. The molecule has 8 aliphatic rings. The van der Waals surface area contributed by atoms with Crippen LogP contribution in [0.3, 0.4) is 0 Å². The van der Waals surface area contributed by atoms with E-state index < -0.39 is 17.4 Å². The molecule has 264 valence electrons. The lowest BCUT2D eigenvalue weighted by molar-refractivity contribution is -0.169. The highest BCUT2D eigenvalue weighted by atomic mass is 35.5. The summed E-state index contributed by atoms with van der Waals surface area (Å²) in [5.41, 5.74) is 2.69. The number of rotatable bonds is 8. The van der Waals surface area contributed by atoms with E-state index in [4.69, 9.17) is 16.3 Å². The molecule has 5 saturated carbocycles. The number of carbonyl (C=O) groups excluding carboxylic acids is 3. The van der Waals surface area contributed by atoms with E-state index >= 15 is 0 Å². The van der Waals surface area contributed by atoms with Crippen LogP contribution in [0, 0.1) is 40.9 Å². The van der Waals surface area contributed by atoms with Crippen molar-refractivity contribution in [2.45, 2.75) is 102 Å². The van der Waals surface area contributed by atoms with Crippen molar-refractivity contribution in [2.24, 2.45) is 40.9 Å². The average molecular weight is 689 g/mol. The minimum atomic E-state index is -0.777. The third kappa shape index (κ3) is 5.62. The Morgan fingerprint density at radius 3 is 2.41 bits per heavy atom. The molecular weight excluding hydrogens is 636 g/mol. The summed E-state index contributed by atoms with van der Waals surface area (Å²) in [7, 11) is 0. The first-order chi connectivity index (χ1) is 23.8. The standard InChI is InChI=1S/C40H53ClN4O4/c41-30-5-6-34-32(20-30)31-8-10-45-37(47)29(19-35(46)42-24-39-21-26-15-27(22-39)17-28(16-26)23-39)18-33(38(48)44-11-13-49-14-12-44)40(45,36(31)43-34)9-7-25-3-1-2-4-25/h5-6,20,25-29,33,43H,1-4,7-19,21-24H2,(H,42,46)/t26?,27?,28?,29-,33-,39?,40+/m1/s1. The number of benzene rings is 1. The molecule has 7 fully saturated rings. The van der Waals surface area contributed by atoms with Crippen LogP contribution in [0.25, 0.3) is 10.9 Å². The maximum absolute atomic E-state index is 14.9. The first-order valence-electron chi connectivity index (χ1n) is 19.6. The van der Waals surface area contributed by atoms with Gasteiger partial charge in [-0.2, -0.15) is 0 Å². The van der Waals surface area contributed by atoms with Crippen LogP contribution in [-0.2, 0) is 31.1 Å². The Hall–Kier alpha value is -2.58. The molecular formula is C40H53ClN4O4. The van der Waals surface area contributed by atoms with Gasteiger partial charge in [0.1, 0.15) is 0 Å². The van der Waals surface area contributed by atoms with Gasteiger partial charge in [0.2, 0.25) is 17.7 Å². The molecule has 2 N–H and O–H groups in total. The van der Waals surface area contributed by atoms with Gasteiger partial charge in [-0.15, -0.1) is 0 Å². The van der Waals surface area contributed by atoms with Gasteiger partial charge in [-0.25, -0.2) is 0 Å². The summed E-state index contributed by atoms with van der Waals surface area (Å²) in [5.74, 6) is 2.29. The van der Waals surface area contributed by atoms with Crippen molar-refractivity contribution in [3.63, 3.8) is 0 Å². The van der Waals surface area contributed by atoms with Crippen molar-refractivity contribution in [1.82, 2.24) is 20.1 Å². The third-order valence-corrected chi connectivity index (χ3v) is 14.6. The number of H-pyrrole nitrogens is 1. The minimum Gasteiger partial charge on any atom is -0.378 e. The van der Waals surface area contributed by atoms with Gasteiger partial charge in [-0.1, -0.05) is 37.3 Å². The van der Waals surface area contributed by atoms with Crippen LogP contribution in [0.1, 0.15) is 101 Å². The van der Waals surface area contributed by atoms with Gasteiger partial charge in [0.25, 0.3) is 0 Å². The van der Waals surface area contributed by atoms with Crippen LogP contribution in [0.5, 0.6) is 0 Å². The van der Waals surface area contributed by atoms with Crippen LogP contribution in [0.4, 0.5) is 0 Å². The van der Waals surface area contributed by atoms with Crippen molar-refractivity contribution in [3.05, 3.63) is 34.5 Å². The molecule has 1 aromatic heterocycles. The Balaban J connectivity index is 1.04. The Morgan fingerprint density at radius 1 is 0.980 bits per heavy atom. The van der Waals surface area contributed by atoms with E-state index in [1.54, 1.807) is 0 Å². The fraction of sp³-hybridized carbons (Fsp3) is 0.725. The van der Waals surface area contributed by atoms with Gasteiger partial charge in [0.15, 0.2) is 0 Å². The molecule has 3 atom stereocenters. The molecule has 3 aliphatic heterocycles. The Kier molecular flexibility index (Phi) is 8.30. The zero-order valence-electron chi connectivity index (χ0n) is 29.0. The molecule has 2 saturated heterocycles. The predicted molar refractivity (Wildman–Crippen MR) is 189 cm³/mol. The van der Waals surface area contributed by atoms with Gasteiger partial charge >= 0.3 is 0 Å². The number of piperidine rings is 1. The summed E-state index contributed by atoms with van der Waals surface area (Å²) < 4.78 is 5.67. The number of morpholine rings is 1. The quantitative estimate of drug-likeness (QED) is 0.327. The number of amides is 3. The molecule has 0 unspecified atom stereocenters. The second-order valence-electron chi connectivity index (χ2n) is 17.3. The molecule has 3 amide bonds. The number of carbonyl (C=O) groups is 3. The molecule has 0 spiro atoms. The summed E-state index contributed by atoms with van der Waals surface area (Å²) in [4.78, 5) is 51.3. The minimum absolute atomic E-state index is 0.0249. The summed E-state index contributed by atoms with van der Waals surface area (Å²) in [5, 5.41) is 5.14. The van der Waals surface area contributed by atoms with E-state index in [2.05, 4.69) is 15.2 Å². The number of aromatic amines is 1. The van der Waals surface area contributed by atoms with E-state index in [0.717, 1.165) is 53.7 Å². The highest BCUT2D eigenvalue weighted by Gasteiger charge is 2.60. The van der Waals surface area contributed by atoms with E-state index in [9.17, 15) is 14.4 Å². The third-order valence-electron chi connectivity index (χ3n) is 14.4. The van der Waals surface area contributed by atoms with Crippen LogP contribution in [0.15, 0.2) is 18.2 Å². The first kappa shape index (κ1) is 32.3. The molecule has 49 heavy (non-hydrogen) atoms. The van der Waals surface area contributed by atoms with Gasteiger partial charge in [-0.05, 0) is 117 Å². The topological polar surface area (TPSA) is 94.7 Å². The number of halogens is 1. The zero-order chi connectivity index (χ0) is 33.3. The van der Waals surface area contributed by atoms with Gasteiger partial charge in [0, 0.05) is 60.1 Å². The molecule has 8 nitrogen and oxygen atoms in total. The summed E-state index contributed by atoms with van der Waals surface area (Å²) >= 11 is 6.53. The van der Waals surface area contributed by atoms with E-state index in [0.29, 0.717) is 56.6 Å². The average Bonchev–Trinajstić information content (AvgIpc) is 3.75. The molecule has 5 aliphatic carbocycles. The Labute approximate surface area is 295 Å². The van der Waals surface area contributed by atoms with Crippen LogP contribution in [-0.4, -0.2) is 71.9 Å². The van der Waals surface area contributed by atoms with Gasteiger partial charge < -0.3 is 24.8 Å². The number of fused-ring (bicyclic) bond motifs is 5. The number of nitrogens with one attached hydrogen (secondary N) is 2. The summed E-state index contributed by atoms with van der Waals surface area (Å²) in [6.07, 6.45) is 15.8. The van der Waals surface area contributed by atoms with Crippen LogP contribution < -0.4 is 5.32 Å². The second-order valence-corrected chi connectivity index (χ2v) is 17.8. The predicted octanol–water partition coefficient (Wildman–Crippen LogP) is 6.59. The monoisotopic (exact) mass is 688 g/mol. The Bertz CT molecular complexity index is 1590. The fourth-order valence-corrected chi connectivity index (χ4v) is 12.8. The Morgan fingerprint density at radius 2 is 1.69 bits per heavy atom. The fourth-order valence-electron chi connectivity index (χ4n) is 12.6. The molecule has 4 bridgehead atoms. The van der Waals surface area contributed by atoms with Crippen molar-refractivity contribution >= 4 is 40.2 Å². The van der Waals surface area contributed by atoms with E-state index in [1.807, 2.05) is 23.1 Å². The largest absolute Gasteiger partial charge is 0.378 e. The first-order valence-corrected chi connectivity index (χ1v) is 19.9. The molecule has 1 aromatic carbocycles. The van der Waals surface area contributed by atoms with Crippen molar-refractivity contribution in [1.29, 1.82) is 0 Å². The van der Waals surface area contributed by atoms with Crippen molar-refractivity contribution in [3.8, 4) is 0 Å². The molecule has 2 aromatic rings. The lowest BCUT2D eigenvalue weighted by atomic mass is 9.49. The number of ether oxygens (including phenoxy) is 1. The number of hydrogen-bond donors (Lipinski definition) is 2. The molecule has 0 radical (unpaired) electrons. The van der Waals surface area contributed by atoms with Crippen LogP contribution in [0.2, 0.25) is 5.02 Å². The van der Waals surface area contributed by atoms with Gasteiger partial charge in [-0.3, -0.25) is 14.4 Å². The maximum atomic E-state index is 14.9. The van der Waals surface area contributed by atoms with Crippen molar-refractivity contribution in [2.75, 3.05) is 39.4 Å². The highest BCUT2D eigenvalue weighted by Crippen LogP contribution is 2.60. The maximum Gasteiger partial charge on any atom is 0.228 e. The van der Waals surface area contributed by atoms with Gasteiger partial charge in [0.05, 0.1) is 24.7 Å². The lowest BCUT2D eigenvalue weighted by Gasteiger charge is -2.57. The normalized spacial score (nSPS) is 35.5. The number of hydrogen-bond acceptors (Lipinski definition) is 4. The highest BCUT2D eigenvalue weighted by molar-refractivity contribution is 6.31. The lowest BCUT2D eigenvalue weighted by Crippen LogP contribution is -2.66. The van der Waals surface area contributed by atoms with E-state index in [-0.39, 0.29) is 29.6 Å². The van der Waals surface area contributed by atoms with E-state index in [1.165, 1.54) is 69.8 Å². The zero-order valence-corrected chi connectivity index (χ0v) is 29.7. The summed E-state index contributed by atoms with van der Waals surface area (Å²) in [6.45, 7) is 3.47. The smallest absolute Gasteiger partial charge is 0.228 e. The SMILES string of the molecule is O=C(C[C@H]1C[C@H](C(=O)N2CCOCC2)[C@@]2(CCC3CCCC3)c3[nH]c4ccc(Cl)cc4c3CCN2C1=O)NCC12CC3CC(CC(C3)C1)C2. The van der Waals surface area contributed by atoms with Crippen molar-refractivity contribution < 1.29 is 19.1 Å². The molecule has 9 heteroatoms. The second kappa shape index (κ2) is 12.6.